The van der Waals surface area contributed by atoms with E-state index in [2.05, 4.69) is 0 Å². The lowest BCUT2D eigenvalue weighted by molar-refractivity contribution is 0.0546. The fraction of sp³-hybridized carbons (Fsp3) is 0.364. The van der Waals surface area contributed by atoms with Crippen LogP contribution in [-0.4, -0.2) is 55.2 Å². The molecular weight excluding hydrogens is 310 g/mol. The Labute approximate surface area is 120 Å². The second kappa shape index (κ2) is 5.21. The minimum absolute atomic E-state index is 0.0251. The Morgan fingerprint density at radius 3 is 2.50 bits per heavy atom. The van der Waals surface area contributed by atoms with E-state index in [0.29, 0.717) is 0 Å². The largest absolute Gasteiger partial charge is 0.494 e. The van der Waals surface area contributed by atoms with Gasteiger partial charge in [0.2, 0.25) is 10.0 Å². The second-order valence-corrected chi connectivity index (χ2v) is 6.61. The predicted octanol–water partition coefficient (Wildman–Crippen LogP) is 0.412. The van der Waals surface area contributed by atoms with Crippen LogP contribution in [0.5, 0.6) is 5.75 Å². The van der Waals surface area contributed by atoms with Crippen LogP contribution in [0.4, 0.5) is 0 Å². The van der Waals surface area contributed by atoms with Crippen LogP contribution in [0.25, 0.3) is 0 Å². The Balaban J connectivity index is 2.59. The second-order valence-electron chi connectivity index (χ2n) is 4.27. The number of β-amino-alcohol motifs (C(OH)–C–C–N with tert-alkyl or cyclic N) is 1. The van der Waals surface area contributed by atoms with Crippen LogP contribution in [0.1, 0.15) is 10.4 Å². The number of hydrogen-bond donors (Lipinski definition) is 2. The number of sulfonamides is 1. The van der Waals surface area contributed by atoms with Crippen LogP contribution < -0.4 is 4.74 Å². The Kier molecular flexibility index (Phi) is 3.92. The summed E-state index contributed by atoms with van der Waals surface area (Å²) in [6.07, 6.45) is -0.714. The summed E-state index contributed by atoms with van der Waals surface area (Å²) < 4.78 is 30.6. The van der Waals surface area contributed by atoms with Crippen molar-refractivity contribution in [1.29, 1.82) is 0 Å². The van der Waals surface area contributed by atoms with Gasteiger partial charge in [0.25, 0.3) is 0 Å². The topological polar surface area (TPSA) is 104 Å². The van der Waals surface area contributed by atoms with Gasteiger partial charge in [-0.1, -0.05) is 11.6 Å². The highest BCUT2D eigenvalue weighted by Crippen LogP contribution is 2.35. The molecule has 7 nitrogen and oxygen atoms in total. The Bertz CT molecular complexity index is 653. The Morgan fingerprint density at radius 2 is 2.05 bits per heavy atom. The number of aliphatic hydroxyl groups excluding tert-OH is 1. The number of halogens is 1. The van der Waals surface area contributed by atoms with Crippen molar-refractivity contribution in [2.75, 3.05) is 20.2 Å². The summed E-state index contributed by atoms with van der Waals surface area (Å²) >= 11 is 5.77. The maximum atomic E-state index is 12.4. The highest BCUT2D eigenvalue weighted by molar-refractivity contribution is 7.89. The Morgan fingerprint density at radius 1 is 1.45 bits per heavy atom. The standard InChI is InChI=1S/C11H12ClNO6S/c1-19-10-8(11(15)16)2-6(12)3-9(10)20(17,18)13-4-7(14)5-13/h2-3,7,14H,4-5H2,1H3,(H,15,16). The molecule has 0 aliphatic carbocycles. The van der Waals surface area contributed by atoms with Crippen molar-refractivity contribution >= 4 is 27.6 Å². The number of carboxylic acid groups (broad SMARTS) is 1. The minimum Gasteiger partial charge on any atom is -0.494 e. The lowest BCUT2D eigenvalue weighted by Crippen LogP contribution is -2.53. The highest BCUT2D eigenvalue weighted by Gasteiger charge is 2.38. The van der Waals surface area contributed by atoms with Crippen molar-refractivity contribution in [3.8, 4) is 5.75 Å². The van der Waals surface area contributed by atoms with Gasteiger partial charge in [0.15, 0.2) is 5.75 Å². The fourth-order valence-electron chi connectivity index (χ4n) is 1.88. The molecule has 0 atom stereocenters. The van der Waals surface area contributed by atoms with E-state index in [0.717, 1.165) is 16.4 Å². The first-order chi connectivity index (χ1) is 9.27. The molecule has 1 aliphatic rings. The van der Waals surface area contributed by atoms with E-state index in [1.165, 1.54) is 7.11 Å². The van der Waals surface area contributed by atoms with Crippen LogP contribution in [0, 0.1) is 0 Å². The number of rotatable bonds is 4. The van der Waals surface area contributed by atoms with E-state index in [4.69, 9.17) is 21.4 Å². The third-order valence-corrected chi connectivity index (χ3v) is 4.96. The molecule has 2 N–H and O–H groups in total. The first kappa shape index (κ1) is 15.0. The number of hydrogen-bond acceptors (Lipinski definition) is 5. The molecule has 110 valence electrons. The molecule has 0 amide bonds. The van der Waals surface area contributed by atoms with Crippen LogP contribution in [0.3, 0.4) is 0 Å². The number of aliphatic hydroxyl groups is 1. The van der Waals surface area contributed by atoms with Gasteiger partial charge in [0.1, 0.15) is 10.5 Å². The summed E-state index contributed by atoms with van der Waals surface area (Å²) in [7, 11) is -2.78. The van der Waals surface area contributed by atoms with Gasteiger partial charge in [-0.3, -0.25) is 0 Å². The lowest BCUT2D eigenvalue weighted by Gasteiger charge is -2.34. The summed E-state index contributed by atoms with van der Waals surface area (Å²) in [6, 6.07) is 2.25. The summed E-state index contributed by atoms with van der Waals surface area (Å²) in [5.74, 6) is -1.62. The summed E-state index contributed by atoms with van der Waals surface area (Å²) in [5.41, 5.74) is -0.334. The third kappa shape index (κ3) is 2.47. The molecule has 0 spiro atoms. The summed E-state index contributed by atoms with van der Waals surface area (Å²) in [4.78, 5) is 10.8. The first-order valence-electron chi connectivity index (χ1n) is 5.56. The van der Waals surface area contributed by atoms with E-state index in [1.54, 1.807) is 0 Å². The number of aromatic carboxylic acids is 1. The van der Waals surface area contributed by atoms with Gasteiger partial charge >= 0.3 is 5.97 Å². The quantitative estimate of drug-likeness (QED) is 0.832. The summed E-state index contributed by atoms with van der Waals surface area (Å²) in [5, 5.41) is 18.2. The van der Waals surface area contributed by atoms with Gasteiger partial charge in [-0.2, -0.15) is 4.31 Å². The van der Waals surface area contributed by atoms with Gasteiger partial charge in [0.05, 0.1) is 13.2 Å². The zero-order chi connectivity index (χ0) is 15.1. The fourth-order valence-corrected chi connectivity index (χ4v) is 3.88. The number of ether oxygens (including phenoxy) is 1. The van der Waals surface area contributed by atoms with Crippen molar-refractivity contribution in [2.24, 2.45) is 0 Å². The highest BCUT2D eigenvalue weighted by atomic mass is 35.5. The van der Waals surface area contributed by atoms with Crippen molar-refractivity contribution in [1.82, 2.24) is 4.31 Å². The zero-order valence-electron chi connectivity index (χ0n) is 10.4. The van der Waals surface area contributed by atoms with E-state index < -0.39 is 22.1 Å². The van der Waals surface area contributed by atoms with Crippen LogP contribution in [0.15, 0.2) is 17.0 Å². The molecule has 0 saturated carbocycles. The van der Waals surface area contributed by atoms with Gasteiger partial charge < -0.3 is 14.9 Å². The number of carbonyl (C=O) groups is 1. The van der Waals surface area contributed by atoms with Crippen LogP contribution in [0.2, 0.25) is 5.02 Å². The molecule has 0 aromatic heterocycles. The average Bonchev–Trinajstić information content (AvgIpc) is 2.33. The molecule has 0 radical (unpaired) electrons. The van der Waals surface area contributed by atoms with E-state index in [-0.39, 0.29) is 34.3 Å². The monoisotopic (exact) mass is 321 g/mol. The zero-order valence-corrected chi connectivity index (χ0v) is 12.0. The molecule has 1 aromatic rings. The van der Waals surface area contributed by atoms with Gasteiger partial charge in [0, 0.05) is 18.1 Å². The van der Waals surface area contributed by atoms with Crippen molar-refractivity contribution in [3.63, 3.8) is 0 Å². The molecule has 0 unspecified atom stereocenters. The normalized spacial score (nSPS) is 16.8. The molecule has 20 heavy (non-hydrogen) atoms. The van der Waals surface area contributed by atoms with Crippen LogP contribution >= 0.6 is 11.6 Å². The molecule has 1 fully saturated rings. The molecule has 1 saturated heterocycles. The smallest absolute Gasteiger partial charge is 0.339 e. The van der Waals surface area contributed by atoms with Crippen molar-refractivity contribution in [2.45, 2.75) is 11.0 Å². The van der Waals surface area contributed by atoms with Gasteiger partial charge in [-0.25, -0.2) is 13.2 Å². The average molecular weight is 322 g/mol. The maximum absolute atomic E-state index is 12.4. The van der Waals surface area contributed by atoms with Crippen molar-refractivity contribution in [3.05, 3.63) is 22.7 Å². The van der Waals surface area contributed by atoms with E-state index in [9.17, 15) is 18.3 Å². The molecule has 1 aromatic carbocycles. The molecule has 9 heteroatoms. The minimum atomic E-state index is -3.96. The molecule has 1 aliphatic heterocycles. The molecular formula is C11H12ClNO6S. The number of methoxy groups -OCH3 is 1. The maximum Gasteiger partial charge on any atom is 0.339 e. The summed E-state index contributed by atoms with van der Waals surface area (Å²) in [6.45, 7) is -0.0825. The molecule has 1 heterocycles. The van der Waals surface area contributed by atoms with Crippen LogP contribution in [-0.2, 0) is 10.0 Å². The molecule has 2 rings (SSSR count). The van der Waals surface area contributed by atoms with E-state index in [1.807, 2.05) is 0 Å². The van der Waals surface area contributed by atoms with Gasteiger partial charge in [-0.05, 0) is 12.1 Å². The van der Waals surface area contributed by atoms with E-state index >= 15 is 0 Å². The third-order valence-electron chi connectivity index (χ3n) is 2.90. The Hall–Kier alpha value is -1.35. The SMILES string of the molecule is COc1c(C(=O)O)cc(Cl)cc1S(=O)(=O)N1CC(O)C1. The first-order valence-corrected chi connectivity index (χ1v) is 7.38. The van der Waals surface area contributed by atoms with Gasteiger partial charge in [-0.15, -0.1) is 0 Å². The number of benzene rings is 1. The lowest BCUT2D eigenvalue weighted by atomic mass is 10.2. The molecule has 0 bridgehead atoms. The number of carboxylic acids is 1. The van der Waals surface area contributed by atoms with Crippen molar-refractivity contribution < 1.29 is 28.2 Å². The number of nitrogens with zero attached hydrogens (tertiary/aromatic N) is 1. The predicted molar refractivity (Wildman–Crippen MR) is 69.7 cm³/mol.